The molecule has 208 valence electrons. The Morgan fingerprint density at radius 3 is 2.34 bits per heavy atom. The van der Waals surface area contributed by atoms with E-state index in [1.807, 2.05) is 29.2 Å². The fraction of sp³-hybridized carbons (Fsp3) is 0.138. The molecule has 5 rings (SSSR count). The SMILES string of the molecule is COCC(=O)Nc1ccc(N2C(=S)N[C@H](c3ccccn3)[C@@H]2c2ccc(-c3cc(C(=O)O)cc(C(=O)O)c3)o2)cc1. The van der Waals surface area contributed by atoms with Crippen molar-refractivity contribution >= 4 is 46.6 Å². The number of thiocarbonyl (C=S) groups is 1. The number of furan rings is 1. The monoisotopic (exact) mass is 572 g/mol. The molecule has 0 unspecified atom stereocenters. The Balaban J connectivity index is 1.54. The quantitative estimate of drug-likeness (QED) is 0.210. The van der Waals surface area contributed by atoms with Gasteiger partial charge in [0.05, 0.1) is 22.9 Å². The minimum atomic E-state index is -1.25. The highest BCUT2D eigenvalue weighted by molar-refractivity contribution is 7.80. The van der Waals surface area contributed by atoms with E-state index in [2.05, 4.69) is 15.6 Å². The summed E-state index contributed by atoms with van der Waals surface area (Å²) in [5.74, 6) is -2.02. The molecule has 11 nitrogen and oxygen atoms in total. The number of rotatable bonds is 9. The second-order valence-electron chi connectivity index (χ2n) is 9.14. The van der Waals surface area contributed by atoms with Crippen molar-refractivity contribution in [2.75, 3.05) is 23.9 Å². The Bertz CT molecular complexity index is 1590. The molecule has 1 fully saturated rings. The van der Waals surface area contributed by atoms with E-state index in [0.29, 0.717) is 33.6 Å². The number of aromatic nitrogens is 1. The predicted octanol–water partition coefficient (Wildman–Crippen LogP) is 4.50. The molecule has 4 aromatic rings. The number of ether oxygens (including phenoxy) is 1. The molecule has 2 aromatic carbocycles. The van der Waals surface area contributed by atoms with Gasteiger partial charge in [0.2, 0.25) is 5.91 Å². The zero-order valence-electron chi connectivity index (χ0n) is 21.6. The lowest BCUT2D eigenvalue weighted by Crippen LogP contribution is -2.29. The summed E-state index contributed by atoms with van der Waals surface area (Å²) in [6.45, 7) is -0.0696. The number of carboxylic acids is 2. The van der Waals surface area contributed by atoms with Gasteiger partial charge in [-0.25, -0.2) is 9.59 Å². The van der Waals surface area contributed by atoms with Crippen LogP contribution in [-0.2, 0) is 9.53 Å². The minimum absolute atomic E-state index is 0.0696. The highest BCUT2D eigenvalue weighted by Gasteiger charge is 2.42. The van der Waals surface area contributed by atoms with Crippen molar-refractivity contribution in [2.45, 2.75) is 12.1 Å². The summed E-state index contributed by atoms with van der Waals surface area (Å²) in [6, 6.07) is 18.9. The molecular weight excluding hydrogens is 548 g/mol. The molecule has 41 heavy (non-hydrogen) atoms. The number of anilines is 2. The van der Waals surface area contributed by atoms with E-state index in [1.165, 1.54) is 19.2 Å². The van der Waals surface area contributed by atoms with Crippen LogP contribution in [0.3, 0.4) is 0 Å². The highest BCUT2D eigenvalue weighted by Crippen LogP contribution is 2.43. The lowest BCUT2D eigenvalue weighted by atomic mass is 10.0. The van der Waals surface area contributed by atoms with Crippen molar-refractivity contribution in [2.24, 2.45) is 0 Å². The fourth-order valence-corrected chi connectivity index (χ4v) is 4.99. The molecule has 0 aliphatic carbocycles. The van der Waals surface area contributed by atoms with Crippen molar-refractivity contribution in [3.63, 3.8) is 0 Å². The van der Waals surface area contributed by atoms with E-state index in [1.54, 1.807) is 36.5 Å². The molecule has 3 heterocycles. The van der Waals surface area contributed by atoms with Crippen LogP contribution >= 0.6 is 12.2 Å². The number of nitrogens with one attached hydrogen (secondary N) is 2. The van der Waals surface area contributed by atoms with Gasteiger partial charge < -0.3 is 34.9 Å². The standard InChI is InChI=1S/C29H24N4O7S/c1-39-15-24(34)31-19-5-7-20(8-6-19)33-26(25(32-29(33)41)21-4-2-3-11-30-21)23-10-9-22(40-23)16-12-17(27(35)36)14-18(13-16)28(37)38/h2-14,25-26H,15H2,1H3,(H,31,34)(H,32,41)(H,35,36)(H,37,38)/t25-,26+/m1/s1. The molecule has 0 radical (unpaired) electrons. The van der Waals surface area contributed by atoms with Crippen molar-refractivity contribution in [3.8, 4) is 11.3 Å². The summed E-state index contributed by atoms with van der Waals surface area (Å²) in [5.41, 5.74) is 1.97. The third kappa shape index (κ3) is 5.78. The van der Waals surface area contributed by atoms with Gasteiger partial charge in [0.15, 0.2) is 5.11 Å². The third-order valence-corrected chi connectivity index (χ3v) is 6.75. The first-order valence-electron chi connectivity index (χ1n) is 12.4. The maximum Gasteiger partial charge on any atom is 0.335 e. The molecule has 0 saturated carbocycles. The lowest BCUT2D eigenvalue weighted by molar-refractivity contribution is -0.119. The van der Waals surface area contributed by atoms with Crippen LogP contribution < -0.4 is 15.5 Å². The average Bonchev–Trinajstić information content (AvgIpc) is 3.58. The second-order valence-corrected chi connectivity index (χ2v) is 9.52. The topological polar surface area (TPSA) is 154 Å². The maximum absolute atomic E-state index is 11.9. The smallest absolute Gasteiger partial charge is 0.335 e. The van der Waals surface area contributed by atoms with E-state index in [4.69, 9.17) is 21.4 Å². The first kappa shape index (κ1) is 27.5. The van der Waals surface area contributed by atoms with Crippen LogP contribution in [0, 0.1) is 0 Å². The lowest BCUT2D eigenvalue weighted by Gasteiger charge is -2.26. The molecule has 1 saturated heterocycles. The Hall–Kier alpha value is -5.07. The number of nitrogens with zero attached hydrogens (tertiary/aromatic N) is 2. The Morgan fingerprint density at radius 1 is 1.02 bits per heavy atom. The summed E-state index contributed by atoms with van der Waals surface area (Å²) < 4.78 is 11.1. The van der Waals surface area contributed by atoms with E-state index in [-0.39, 0.29) is 23.6 Å². The van der Waals surface area contributed by atoms with Gasteiger partial charge in [0.25, 0.3) is 0 Å². The van der Waals surface area contributed by atoms with Crippen molar-refractivity contribution in [3.05, 3.63) is 102 Å². The summed E-state index contributed by atoms with van der Waals surface area (Å²) in [4.78, 5) is 41.6. The van der Waals surface area contributed by atoms with Crippen molar-refractivity contribution in [1.82, 2.24) is 10.3 Å². The normalized spacial score (nSPS) is 16.3. The number of aromatic carboxylic acids is 2. The van der Waals surface area contributed by atoms with Crippen LogP contribution in [0.1, 0.15) is 44.3 Å². The number of hydrogen-bond acceptors (Lipinski definition) is 7. The summed E-state index contributed by atoms with van der Waals surface area (Å²) in [6.07, 6.45) is 1.68. The van der Waals surface area contributed by atoms with Gasteiger partial charge in [-0.05, 0) is 78.9 Å². The van der Waals surface area contributed by atoms with Gasteiger partial charge in [-0.1, -0.05) is 6.07 Å². The number of carbonyl (C=O) groups is 3. The number of amides is 1. The van der Waals surface area contributed by atoms with Crippen LogP contribution in [0.25, 0.3) is 11.3 Å². The van der Waals surface area contributed by atoms with E-state index >= 15 is 0 Å². The minimum Gasteiger partial charge on any atom is -0.478 e. The fourth-order valence-electron chi connectivity index (χ4n) is 4.64. The molecular formula is C29H24N4O7S. The first-order valence-corrected chi connectivity index (χ1v) is 12.8. The van der Waals surface area contributed by atoms with E-state index in [9.17, 15) is 24.6 Å². The molecule has 1 aliphatic heterocycles. The molecule has 1 aliphatic rings. The molecule has 12 heteroatoms. The molecule has 2 atom stereocenters. The van der Waals surface area contributed by atoms with E-state index in [0.717, 1.165) is 11.8 Å². The predicted molar refractivity (Wildman–Crippen MR) is 153 cm³/mol. The van der Waals surface area contributed by atoms with E-state index < -0.39 is 24.0 Å². The first-order chi connectivity index (χ1) is 19.7. The van der Waals surface area contributed by atoms with Gasteiger partial charge in [-0.2, -0.15) is 0 Å². The van der Waals surface area contributed by atoms with Gasteiger partial charge in [0, 0.05) is 30.2 Å². The molecule has 0 bridgehead atoms. The van der Waals surface area contributed by atoms with Crippen molar-refractivity contribution in [1.29, 1.82) is 0 Å². The zero-order chi connectivity index (χ0) is 29.1. The van der Waals surface area contributed by atoms with Crippen molar-refractivity contribution < 1.29 is 33.8 Å². The van der Waals surface area contributed by atoms with Crippen LogP contribution in [0.2, 0.25) is 0 Å². The van der Waals surface area contributed by atoms with Crippen LogP contribution in [-0.4, -0.2) is 51.9 Å². The molecule has 0 spiro atoms. The molecule has 1 amide bonds. The average molecular weight is 573 g/mol. The maximum atomic E-state index is 11.9. The summed E-state index contributed by atoms with van der Waals surface area (Å²) >= 11 is 5.73. The number of hydrogen-bond donors (Lipinski definition) is 4. The van der Waals surface area contributed by atoms with Gasteiger partial charge >= 0.3 is 11.9 Å². The Morgan fingerprint density at radius 2 is 1.73 bits per heavy atom. The number of carbonyl (C=O) groups excluding carboxylic acids is 1. The number of carboxylic acid groups (broad SMARTS) is 2. The number of benzene rings is 2. The van der Waals surface area contributed by atoms with Gasteiger partial charge in [-0.3, -0.25) is 9.78 Å². The third-order valence-electron chi connectivity index (χ3n) is 6.43. The number of pyridine rings is 1. The number of methoxy groups -OCH3 is 1. The summed E-state index contributed by atoms with van der Waals surface area (Å²) in [7, 11) is 1.44. The Kier molecular flexibility index (Phi) is 7.77. The van der Waals surface area contributed by atoms with Crippen LogP contribution in [0.4, 0.5) is 11.4 Å². The van der Waals surface area contributed by atoms with Crippen LogP contribution in [0.5, 0.6) is 0 Å². The summed E-state index contributed by atoms with van der Waals surface area (Å²) in [5, 5.41) is 25.5. The van der Waals surface area contributed by atoms with Gasteiger partial charge in [0.1, 0.15) is 24.2 Å². The van der Waals surface area contributed by atoms with Gasteiger partial charge in [-0.15, -0.1) is 0 Å². The highest BCUT2D eigenvalue weighted by atomic mass is 32.1. The molecule has 2 aromatic heterocycles. The second kappa shape index (κ2) is 11.6. The van der Waals surface area contributed by atoms with Crippen LogP contribution in [0.15, 0.2) is 83.4 Å². The zero-order valence-corrected chi connectivity index (χ0v) is 22.4. The molecule has 4 N–H and O–H groups in total. The largest absolute Gasteiger partial charge is 0.478 e. The Labute approximate surface area is 239 Å².